The normalized spacial score (nSPS) is 11.2. The molecule has 4 heteroatoms. The summed E-state index contributed by atoms with van der Waals surface area (Å²) in [4.78, 5) is 11.8. The fraction of sp³-hybridized carbons (Fsp3) is 0.417. The number of rotatable bonds is 2. The van der Waals surface area contributed by atoms with E-state index in [9.17, 15) is 4.79 Å². The number of carbonyl (C=O) groups excluding carboxylic acids is 1. The van der Waals surface area contributed by atoms with Crippen LogP contribution in [0, 0.1) is 5.41 Å². The summed E-state index contributed by atoms with van der Waals surface area (Å²) in [5, 5.41) is 2.84. The Kier molecular flexibility index (Phi) is 3.42. The van der Waals surface area contributed by atoms with Crippen molar-refractivity contribution in [3.8, 4) is 0 Å². The zero-order chi connectivity index (χ0) is 12.3. The summed E-state index contributed by atoms with van der Waals surface area (Å²) in [5.41, 5.74) is 12.8. The van der Waals surface area contributed by atoms with Crippen LogP contribution in [0.4, 0.5) is 11.4 Å². The van der Waals surface area contributed by atoms with E-state index < -0.39 is 0 Å². The number of anilines is 2. The van der Waals surface area contributed by atoms with Gasteiger partial charge in [-0.1, -0.05) is 20.8 Å². The van der Waals surface area contributed by atoms with Gasteiger partial charge in [-0.2, -0.15) is 0 Å². The maximum atomic E-state index is 11.8. The molecule has 0 heterocycles. The number of nitrogens with two attached hydrogens (primary N) is 2. The second kappa shape index (κ2) is 4.43. The molecule has 1 aromatic carbocycles. The first-order chi connectivity index (χ1) is 7.29. The standard InChI is InChI=1S/C12H19N3O/c1-12(2,3)7-15-11(16)9-5-4-8(13)6-10(9)14/h4-6H,7,13-14H2,1-3H3,(H,15,16). The van der Waals surface area contributed by atoms with E-state index in [1.165, 1.54) is 0 Å². The van der Waals surface area contributed by atoms with E-state index in [0.29, 0.717) is 23.5 Å². The molecule has 0 bridgehead atoms. The molecular formula is C12H19N3O. The largest absolute Gasteiger partial charge is 0.399 e. The summed E-state index contributed by atoms with van der Waals surface area (Å²) < 4.78 is 0. The van der Waals surface area contributed by atoms with Crippen molar-refractivity contribution in [3.05, 3.63) is 23.8 Å². The van der Waals surface area contributed by atoms with E-state index in [4.69, 9.17) is 11.5 Å². The summed E-state index contributed by atoms with van der Waals surface area (Å²) in [6, 6.07) is 4.90. The van der Waals surface area contributed by atoms with Gasteiger partial charge >= 0.3 is 0 Å². The van der Waals surface area contributed by atoms with Gasteiger partial charge in [0.15, 0.2) is 0 Å². The molecule has 0 atom stereocenters. The summed E-state index contributed by atoms with van der Waals surface area (Å²) in [5.74, 6) is -0.160. The molecule has 1 rings (SSSR count). The second-order valence-electron chi connectivity index (χ2n) is 5.09. The third kappa shape index (κ3) is 3.46. The molecule has 0 fully saturated rings. The minimum atomic E-state index is -0.160. The van der Waals surface area contributed by atoms with Crippen LogP contribution < -0.4 is 16.8 Å². The molecule has 0 radical (unpaired) electrons. The average molecular weight is 221 g/mol. The second-order valence-corrected chi connectivity index (χ2v) is 5.09. The van der Waals surface area contributed by atoms with Crippen molar-refractivity contribution in [2.75, 3.05) is 18.0 Å². The van der Waals surface area contributed by atoms with Gasteiger partial charge in [-0.3, -0.25) is 4.79 Å². The highest BCUT2D eigenvalue weighted by Crippen LogP contribution is 2.16. The summed E-state index contributed by atoms with van der Waals surface area (Å²) in [7, 11) is 0. The fourth-order valence-corrected chi connectivity index (χ4v) is 1.23. The maximum absolute atomic E-state index is 11.8. The van der Waals surface area contributed by atoms with Crippen molar-refractivity contribution >= 4 is 17.3 Å². The van der Waals surface area contributed by atoms with Gasteiger partial charge in [0, 0.05) is 17.9 Å². The molecule has 1 aromatic rings. The highest BCUT2D eigenvalue weighted by molar-refractivity contribution is 5.99. The quantitative estimate of drug-likeness (QED) is 0.664. The lowest BCUT2D eigenvalue weighted by Crippen LogP contribution is -2.32. The van der Waals surface area contributed by atoms with Crippen LogP contribution in [-0.2, 0) is 0 Å². The van der Waals surface area contributed by atoms with Gasteiger partial charge < -0.3 is 16.8 Å². The highest BCUT2D eigenvalue weighted by Gasteiger charge is 2.14. The number of hydrogen-bond acceptors (Lipinski definition) is 3. The predicted molar refractivity (Wildman–Crippen MR) is 67.1 cm³/mol. The monoisotopic (exact) mass is 221 g/mol. The Hall–Kier alpha value is -1.71. The van der Waals surface area contributed by atoms with Crippen LogP contribution in [0.25, 0.3) is 0 Å². The predicted octanol–water partition coefficient (Wildman–Crippen LogP) is 1.63. The molecule has 4 nitrogen and oxygen atoms in total. The molecule has 0 spiro atoms. The Bertz CT molecular complexity index is 394. The Morgan fingerprint density at radius 2 is 1.94 bits per heavy atom. The molecule has 1 amide bonds. The molecule has 0 aliphatic carbocycles. The van der Waals surface area contributed by atoms with Gasteiger partial charge in [-0.05, 0) is 23.6 Å². The first kappa shape index (κ1) is 12.4. The van der Waals surface area contributed by atoms with Crippen LogP contribution >= 0.6 is 0 Å². The minimum Gasteiger partial charge on any atom is -0.399 e. The fourth-order valence-electron chi connectivity index (χ4n) is 1.23. The van der Waals surface area contributed by atoms with Crippen LogP contribution in [-0.4, -0.2) is 12.5 Å². The molecule has 0 aliphatic rings. The number of carbonyl (C=O) groups is 1. The third-order valence-electron chi connectivity index (χ3n) is 2.10. The van der Waals surface area contributed by atoms with Crippen LogP contribution in [0.1, 0.15) is 31.1 Å². The van der Waals surface area contributed by atoms with E-state index in [0.717, 1.165) is 0 Å². The number of nitrogen functional groups attached to an aromatic ring is 2. The highest BCUT2D eigenvalue weighted by atomic mass is 16.1. The van der Waals surface area contributed by atoms with Crippen molar-refractivity contribution in [1.29, 1.82) is 0 Å². The molecular weight excluding hydrogens is 202 g/mol. The van der Waals surface area contributed by atoms with Crippen molar-refractivity contribution < 1.29 is 4.79 Å². The lowest BCUT2D eigenvalue weighted by Gasteiger charge is -2.19. The lowest BCUT2D eigenvalue weighted by molar-refractivity contribution is 0.0940. The first-order valence-electron chi connectivity index (χ1n) is 5.23. The van der Waals surface area contributed by atoms with Crippen LogP contribution in [0.15, 0.2) is 18.2 Å². The van der Waals surface area contributed by atoms with E-state index in [-0.39, 0.29) is 11.3 Å². The average Bonchev–Trinajstić information content (AvgIpc) is 2.13. The van der Waals surface area contributed by atoms with Crippen LogP contribution in [0.5, 0.6) is 0 Å². The maximum Gasteiger partial charge on any atom is 0.253 e. The minimum absolute atomic E-state index is 0.0538. The molecule has 0 saturated carbocycles. The van der Waals surface area contributed by atoms with Gasteiger partial charge in [0.25, 0.3) is 5.91 Å². The van der Waals surface area contributed by atoms with Crippen molar-refractivity contribution in [2.45, 2.75) is 20.8 Å². The molecule has 0 aromatic heterocycles. The first-order valence-corrected chi connectivity index (χ1v) is 5.23. The van der Waals surface area contributed by atoms with Gasteiger partial charge in [-0.15, -0.1) is 0 Å². The van der Waals surface area contributed by atoms with E-state index in [1.807, 2.05) is 0 Å². The Morgan fingerprint density at radius 1 is 1.31 bits per heavy atom. The molecule has 16 heavy (non-hydrogen) atoms. The number of benzene rings is 1. The van der Waals surface area contributed by atoms with Gasteiger partial charge in [-0.25, -0.2) is 0 Å². The topological polar surface area (TPSA) is 81.1 Å². The summed E-state index contributed by atoms with van der Waals surface area (Å²) in [6.07, 6.45) is 0. The van der Waals surface area contributed by atoms with E-state index in [2.05, 4.69) is 26.1 Å². The van der Waals surface area contributed by atoms with Crippen LogP contribution in [0.3, 0.4) is 0 Å². The molecule has 5 N–H and O–H groups in total. The van der Waals surface area contributed by atoms with Gasteiger partial charge in [0.05, 0.1) is 5.56 Å². The Balaban J connectivity index is 2.74. The smallest absolute Gasteiger partial charge is 0.253 e. The van der Waals surface area contributed by atoms with Gasteiger partial charge in [0.2, 0.25) is 0 Å². The molecule has 0 unspecified atom stereocenters. The Labute approximate surface area is 96.0 Å². The van der Waals surface area contributed by atoms with Crippen LogP contribution in [0.2, 0.25) is 0 Å². The summed E-state index contributed by atoms with van der Waals surface area (Å²) in [6.45, 7) is 6.77. The van der Waals surface area contributed by atoms with E-state index >= 15 is 0 Å². The van der Waals surface area contributed by atoms with Gasteiger partial charge in [0.1, 0.15) is 0 Å². The number of hydrogen-bond donors (Lipinski definition) is 3. The van der Waals surface area contributed by atoms with E-state index in [1.54, 1.807) is 18.2 Å². The zero-order valence-corrected chi connectivity index (χ0v) is 10.0. The third-order valence-corrected chi connectivity index (χ3v) is 2.10. The Morgan fingerprint density at radius 3 is 2.44 bits per heavy atom. The van der Waals surface area contributed by atoms with Crippen molar-refractivity contribution in [2.24, 2.45) is 5.41 Å². The zero-order valence-electron chi connectivity index (χ0n) is 10.0. The molecule has 88 valence electrons. The van der Waals surface area contributed by atoms with Crippen molar-refractivity contribution in [1.82, 2.24) is 5.32 Å². The molecule has 0 saturated heterocycles. The number of amides is 1. The number of nitrogens with one attached hydrogen (secondary N) is 1. The summed E-state index contributed by atoms with van der Waals surface area (Å²) >= 11 is 0. The van der Waals surface area contributed by atoms with Crippen molar-refractivity contribution in [3.63, 3.8) is 0 Å². The SMILES string of the molecule is CC(C)(C)CNC(=O)c1ccc(N)cc1N. The molecule has 0 aliphatic heterocycles. The lowest BCUT2D eigenvalue weighted by atomic mass is 9.97.